The standard InChI is InChI=1S/C21H24Cl2FN3O3/c1-27(9-10-28)13-20(30)6-7-21(24,16-3-2-8-25-18(16)20)19(29)26-12-14-4-5-15(22)11-17(14)23/h2-5,8,11,28,30H,6-7,9-10,12-13H2,1H3,(H,26,29). The van der Waals surface area contributed by atoms with Gasteiger partial charge in [-0.1, -0.05) is 35.3 Å². The highest BCUT2D eigenvalue weighted by atomic mass is 35.5. The van der Waals surface area contributed by atoms with Gasteiger partial charge in [-0.05, 0) is 43.7 Å². The van der Waals surface area contributed by atoms with E-state index >= 15 is 4.39 Å². The van der Waals surface area contributed by atoms with Crippen molar-refractivity contribution in [2.24, 2.45) is 0 Å². The molecule has 0 radical (unpaired) electrons. The third-order valence-corrected chi connectivity index (χ3v) is 5.97. The van der Waals surface area contributed by atoms with E-state index < -0.39 is 17.2 Å². The van der Waals surface area contributed by atoms with Crippen LogP contribution in [-0.2, 0) is 22.6 Å². The highest BCUT2D eigenvalue weighted by Gasteiger charge is 2.52. The summed E-state index contributed by atoms with van der Waals surface area (Å²) in [7, 11) is 1.75. The summed E-state index contributed by atoms with van der Waals surface area (Å²) in [4.78, 5) is 18.8. The van der Waals surface area contributed by atoms with Crippen molar-refractivity contribution in [2.45, 2.75) is 30.7 Å². The largest absolute Gasteiger partial charge is 0.395 e. The molecule has 0 fully saturated rings. The van der Waals surface area contributed by atoms with Gasteiger partial charge in [-0.3, -0.25) is 9.78 Å². The lowest BCUT2D eigenvalue weighted by atomic mass is 9.74. The number of halogens is 3. The third-order valence-electron chi connectivity index (χ3n) is 5.39. The van der Waals surface area contributed by atoms with Crippen LogP contribution in [0.1, 0.15) is 29.7 Å². The minimum atomic E-state index is -2.33. The van der Waals surface area contributed by atoms with Gasteiger partial charge in [0.1, 0.15) is 5.60 Å². The van der Waals surface area contributed by atoms with E-state index in [2.05, 4.69) is 10.3 Å². The van der Waals surface area contributed by atoms with Crippen LogP contribution in [-0.4, -0.2) is 52.7 Å². The Hall–Kier alpha value is -1.77. The van der Waals surface area contributed by atoms with Gasteiger partial charge in [-0.2, -0.15) is 0 Å². The van der Waals surface area contributed by atoms with E-state index in [-0.39, 0.29) is 43.8 Å². The second kappa shape index (κ2) is 9.16. The summed E-state index contributed by atoms with van der Waals surface area (Å²) in [5.74, 6) is -0.812. The van der Waals surface area contributed by atoms with Gasteiger partial charge >= 0.3 is 0 Å². The zero-order valence-corrected chi connectivity index (χ0v) is 18.0. The lowest BCUT2D eigenvalue weighted by Gasteiger charge is -2.41. The first-order valence-electron chi connectivity index (χ1n) is 9.58. The van der Waals surface area contributed by atoms with E-state index in [1.165, 1.54) is 12.3 Å². The number of carbonyl (C=O) groups is 1. The first-order chi connectivity index (χ1) is 14.2. The fourth-order valence-electron chi connectivity index (χ4n) is 3.79. The Morgan fingerprint density at radius 3 is 2.80 bits per heavy atom. The minimum absolute atomic E-state index is 0.0123. The summed E-state index contributed by atoms with van der Waals surface area (Å²) >= 11 is 12.0. The minimum Gasteiger partial charge on any atom is -0.395 e. The van der Waals surface area contributed by atoms with Crippen LogP contribution in [0.2, 0.25) is 10.0 Å². The molecule has 0 spiro atoms. The number of aromatic nitrogens is 1. The van der Waals surface area contributed by atoms with Crippen LogP contribution in [0.25, 0.3) is 0 Å². The van der Waals surface area contributed by atoms with Gasteiger partial charge in [0, 0.05) is 41.4 Å². The summed E-state index contributed by atoms with van der Waals surface area (Å²) in [6.45, 7) is 0.493. The van der Waals surface area contributed by atoms with E-state index in [0.29, 0.717) is 22.2 Å². The molecule has 1 aliphatic rings. The molecule has 3 rings (SSSR count). The van der Waals surface area contributed by atoms with Crippen LogP contribution in [0.5, 0.6) is 0 Å². The molecule has 9 heteroatoms. The summed E-state index contributed by atoms with van der Waals surface area (Å²) in [5.41, 5.74) is -2.94. The van der Waals surface area contributed by atoms with Crippen molar-refractivity contribution >= 4 is 29.1 Å². The molecule has 1 aromatic carbocycles. The molecule has 0 aliphatic heterocycles. The molecule has 30 heavy (non-hydrogen) atoms. The van der Waals surface area contributed by atoms with Gasteiger partial charge in [-0.15, -0.1) is 0 Å². The predicted octanol–water partition coefficient (Wildman–Crippen LogP) is 2.78. The number of amides is 1. The number of hydrogen-bond acceptors (Lipinski definition) is 5. The van der Waals surface area contributed by atoms with Crippen LogP contribution in [0.15, 0.2) is 36.5 Å². The quantitative estimate of drug-likeness (QED) is 0.597. The Labute approximate surface area is 184 Å². The third kappa shape index (κ3) is 4.60. The average molecular weight is 456 g/mol. The Morgan fingerprint density at radius 1 is 1.33 bits per heavy atom. The van der Waals surface area contributed by atoms with Crippen LogP contribution < -0.4 is 5.32 Å². The Balaban J connectivity index is 1.83. The van der Waals surface area contributed by atoms with Crippen molar-refractivity contribution < 1.29 is 19.4 Å². The van der Waals surface area contributed by atoms with Gasteiger partial charge in [-0.25, -0.2) is 4.39 Å². The molecule has 1 heterocycles. The van der Waals surface area contributed by atoms with Crippen LogP contribution in [0.3, 0.4) is 0 Å². The second-order valence-corrected chi connectivity index (χ2v) is 8.46. The monoisotopic (exact) mass is 455 g/mol. The number of nitrogens with one attached hydrogen (secondary N) is 1. The predicted molar refractivity (Wildman–Crippen MR) is 113 cm³/mol. The number of benzene rings is 1. The Morgan fingerprint density at radius 2 is 2.10 bits per heavy atom. The van der Waals surface area contributed by atoms with Crippen LogP contribution in [0.4, 0.5) is 4.39 Å². The molecular weight excluding hydrogens is 432 g/mol. The molecule has 0 saturated heterocycles. The molecule has 1 aliphatic carbocycles. The maximum absolute atomic E-state index is 16.0. The number of likely N-dealkylation sites (N-methyl/N-ethyl adjacent to an activating group) is 1. The second-order valence-electron chi connectivity index (χ2n) is 7.61. The van der Waals surface area contributed by atoms with E-state index in [4.69, 9.17) is 28.3 Å². The van der Waals surface area contributed by atoms with Gasteiger partial charge in [0.05, 0.1) is 12.3 Å². The molecular formula is C21H24Cl2FN3O3. The summed E-state index contributed by atoms with van der Waals surface area (Å²) < 4.78 is 16.0. The molecule has 0 bridgehead atoms. The fourth-order valence-corrected chi connectivity index (χ4v) is 4.27. The van der Waals surface area contributed by atoms with E-state index in [0.717, 1.165) is 0 Å². The van der Waals surface area contributed by atoms with E-state index in [1.807, 2.05) is 0 Å². The molecule has 2 unspecified atom stereocenters. The number of hydrogen-bond donors (Lipinski definition) is 3. The summed E-state index contributed by atoms with van der Waals surface area (Å²) in [6, 6.07) is 7.89. The number of fused-ring (bicyclic) bond motifs is 1. The van der Waals surface area contributed by atoms with Crippen molar-refractivity contribution in [1.29, 1.82) is 0 Å². The topological polar surface area (TPSA) is 85.7 Å². The van der Waals surface area contributed by atoms with Crippen LogP contribution in [0, 0.1) is 0 Å². The maximum atomic E-state index is 16.0. The fraction of sp³-hybridized carbons (Fsp3) is 0.429. The lowest BCUT2D eigenvalue weighted by Crippen LogP contribution is -2.51. The SMILES string of the molecule is CN(CCO)CC1(O)CCC(F)(C(=O)NCc2ccc(Cl)cc2Cl)c2cccnc21. The molecule has 3 N–H and O–H groups in total. The molecule has 0 saturated carbocycles. The smallest absolute Gasteiger partial charge is 0.262 e. The van der Waals surface area contributed by atoms with Crippen molar-refractivity contribution in [2.75, 3.05) is 26.7 Å². The zero-order valence-electron chi connectivity index (χ0n) is 16.5. The first kappa shape index (κ1) is 22.9. The molecule has 1 aromatic heterocycles. The van der Waals surface area contributed by atoms with Crippen molar-refractivity contribution in [1.82, 2.24) is 15.2 Å². The number of rotatable bonds is 7. The number of pyridine rings is 1. The molecule has 6 nitrogen and oxygen atoms in total. The van der Waals surface area contributed by atoms with Crippen molar-refractivity contribution in [3.05, 3.63) is 63.4 Å². The van der Waals surface area contributed by atoms with Gasteiger partial charge in [0.15, 0.2) is 0 Å². The molecule has 162 valence electrons. The van der Waals surface area contributed by atoms with Gasteiger partial charge < -0.3 is 20.4 Å². The number of alkyl halides is 1. The van der Waals surface area contributed by atoms with Gasteiger partial charge in [0.2, 0.25) is 5.67 Å². The number of aliphatic hydroxyl groups excluding tert-OH is 1. The van der Waals surface area contributed by atoms with Crippen molar-refractivity contribution in [3.8, 4) is 0 Å². The zero-order chi connectivity index (χ0) is 21.9. The summed E-state index contributed by atoms with van der Waals surface area (Å²) in [6.07, 6.45) is 1.28. The lowest BCUT2D eigenvalue weighted by molar-refractivity contribution is -0.137. The van der Waals surface area contributed by atoms with E-state index in [9.17, 15) is 9.90 Å². The number of nitrogens with zero attached hydrogens (tertiary/aromatic N) is 2. The summed E-state index contributed by atoms with van der Waals surface area (Å²) in [5, 5.41) is 23.8. The average Bonchev–Trinajstić information content (AvgIpc) is 2.70. The van der Waals surface area contributed by atoms with E-state index in [1.54, 1.807) is 36.2 Å². The number of carbonyl (C=O) groups excluding carboxylic acids is 1. The number of aliphatic hydroxyl groups is 2. The highest BCUT2D eigenvalue weighted by molar-refractivity contribution is 6.35. The van der Waals surface area contributed by atoms with Gasteiger partial charge in [0.25, 0.3) is 5.91 Å². The Kier molecular flexibility index (Phi) is 6.99. The Bertz CT molecular complexity index is 932. The normalized spacial score (nSPS) is 23.3. The molecule has 1 amide bonds. The molecule has 2 atom stereocenters. The maximum Gasteiger partial charge on any atom is 0.262 e. The van der Waals surface area contributed by atoms with Crippen LogP contribution >= 0.6 is 23.2 Å². The molecule has 2 aromatic rings. The van der Waals surface area contributed by atoms with Crippen molar-refractivity contribution in [3.63, 3.8) is 0 Å². The highest BCUT2D eigenvalue weighted by Crippen LogP contribution is 2.45. The first-order valence-corrected chi connectivity index (χ1v) is 10.3.